The van der Waals surface area contributed by atoms with Gasteiger partial charge in [-0.25, -0.2) is 0 Å². The Hall–Kier alpha value is -1.35. The molecule has 5 rings (SSSR count). The van der Waals surface area contributed by atoms with E-state index in [1.807, 2.05) is 0 Å². The van der Waals surface area contributed by atoms with Crippen LogP contribution in [-0.4, -0.2) is 30.4 Å². The first-order valence-electron chi connectivity index (χ1n) is 10.7. The summed E-state index contributed by atoms with van der Waals surface area (Å²) in [5.41, 5.74) is 3.16. The second-order valence-corrected chi connectivity index (χ2v) is 9.56. The highest BCUT2D eigenvalue weighted by Crippen LogP contribution is 2.52. The van der Waals surface area contributed by atoms with Crippen molar-refractivity contribution in [3.05, 3.63) is 35.4 Å². The number of fused-ring (bicyclic) bond motifs is 4. The van der Waals surface area contributed by atoms with Crippen molar-refractivity contribution in [3.8, 4) is 0 Å². The van der Waals surface area contributed by atoms with Crippen LogP contribution < -0.4 is 5.32 Å². The lowest BCUT2D eigenvalue weighted by Gasteiger charge is -2.42. The summed E-state index contributed by atoms with van der Waals surface area (Å²) >= 11 is 0. The molecule has 1 heterocycles. The van der Waals surface area contributed by atoms with Gasteiger partial charge in [-0.05, 0) is 80.5 Å². The number of amides is 1. The van der Waals surface area contributed by atoms with E-state index in [4.69, 9.17) is 0 Å². The van der Waals surface area contributed by atoms with Gasteiger partial charge in [0, 0.05) is 18.9 Å². The second kappa shape index (κ2) is 6.37. The highest BCUT2D eigenvalue weighted by Gasteiger charge is 2.46. The lowest BCUT2D eigenvalue weighted by molar-refractivity contribution is -0.119. The van der Waals surface area contributed by atoms with Gasteiger partial charge in [-0.2, -0.15) is 0 Å². The van der Waals surface area contributed by atoms with E-state index >= 15 is 0 Å². The van der Waals surface area contributed by atoms with Crippen LogP contribution in [-0.2, 0) is 10.2 Å². The molecule has 2 saturated carbocycles. The van der Waals surface area contributed by atoms with Gasteiger partial charge in [0.05, 0.1) is 6.04 Å². The Kier molecular flexibility index (Phi) is 4.11. The number of hydrogen-bond donors (Lipinski definition) is 1. The first-order valence-corrected chi connectivity index (χ1v) is 10.7. The number of nitrogens with one attached hydrogen (secondary N) is 1. The molecule has 26 heavy (non-hydrogen) atoms. The zero-order chi connectivity index (χ0) is 17.7. The third-order valence-corrected chi connectivity index (χ3v) is 8.07. The van der Waals surface area contributed by atoms with Gasteiger partial charge in [0.2, 0.25) is 5.91 Å². The summed E-state index contributed by atoms with van der Waals surface area (Å²) in [5, 5.41) is 3.21. The molecule has 0 aromatic heterocycles. The normalized spacial score (nSPS) is 35.0. The molecule has 3 nitrogen and oxygen atoms in total. The van der Waals surface area contributed by atoms with Crippen LogP contribution in [0.5, 0.6) is 0 Å². The molecule has 1 aromatic carbocycles. The average Bonchev–Trinajstić information content (AvgIpc) is 3.32. The summed E-state index contributed by atoms with van der Waals surface area (Å²) in [6.07, 6.45) is 9.62. The van der Waals surface area contributed by atoms with Crippen molar-refractivity contribution in [2.24, 2.45) is 17.8 Å². The zero-order valence-electron chi connectivity index (χ0n) is 16.0. The van der Waals surface area contributed by atoms with Crippen LogP contribution in [0, 0.1) is 17.8 Å². The molecule has 1 saturated heterocycles. The molecule has 140 valence electrons. The quantitative estimate of drug-likeness (QED) is 0.890. The largest absolute Gasteiger partial charge is 0.349 e. The van der Waals surface area contributed by atoms with Crippen molar-refractivity contribution < 1.29 is 4.79 Å². The Morgan fingerprint density at radius 2 is 2.00 bits per heavy atom. The van der Waals surface area contributed by atoms with Crippen LogP contribution in [0.1, 0.15) is 69.0 Å². The Balaban J connectivity index is 1.27. The van der Waals surface area contributed by atoms with Crippen molar-refractivity contribution >= 4 is 5.91 Å². The van der Waals surface area contributed by atoms with Crippen LogP contribution in [0.4, 0.5) is 0 Å². The van der Waals surface area contributed by atoms with E-state index in [0.717, 1.165) is 24.2 Å². The monoisotopic (exact) mass is 352 g/mol. The van der Waals surface area contributed by atoms with E-state index in [1.165, 1.54) is 69.3 Å². The van der Waals surface area contributed by atoms with Gasteiger partial charge in [0.15, 0.2) is 0 Å². The van der Waals surface area contributed by atoms with Crippen LogP contribution >= 0.6 is 0 Å². The summed E-state index contributed by atoms with van der Waals surface area (Å²) in [6.45, 7) is 5.45. The summed E-state index contributed by atoms with van der Waals surface area (Å²) in [4.78, 5) is 14.4. The Morgan fingerprint density at radius 1 is 1.19 bits per heavy atom. The maximum Gasteiger partial charge on any atom is 0.217 e. The predicted molar refractivity (Wildman–Crippen MR) is 104 cm³/mol. The van der Waals surface area contributed by atoms with Gasteiger partial charge in [-0.15, -0.1) is 0 Å². The standard InChI is InChI=1S/C23H32N2O/c1-16(26)24-22-14-23(21-5-3-2-4-20(21)22)8-10-25(11-9-23)15-19-13-17-6-7-18(19)12-17/h2-5,17-19,22H,6-15H2,1H3,(H,24,26)/t17-,18?,19+,22?/m0/s1. The van der Waals surface area contributed by atoms with Crippen molar-refractivity contribution in [2.75, 3.05) is 19.6 Å². The fraction of sp³-hybridized carbons (Fsp3) is 0.696. The molecular formula is C23H32N2O. The van der Waals surface area contributed by atoms with Gasteiger partial charge in [0.1, 0.15) is 0 Å². The number of benzene rings is 1. The summed E-state index contributed by atoms with van der Waals surface area (Å²) < 4.78 is 0. The van der Waals surface area contributed by atoms with Gasteiger partial charge >= 0.3 is 0 Å². The zero-order valence-corrected chi connectivity index (χ0v) is 16.0. The first kappa shape index (κ1) is 16.8. The topological polar surface area (TPSA) is 32.3 Å². The molecule has 2 unspecified atom stereocenters. The third-order valence-electron chi connectivity index (χ3n) is 8.07. The molecule has 1 amide bonds. The number of carbonyl (C=O) groups is 1. The van der Waals surface area contributed by atoms with E-state index in [-0.39, 0.29) is 17.4 Å². The lowest BCUT2D eigenvalue weighted by Crippen LogP contribution is -2.44. The fourth-order valence-corrected chi connectivity index (χ4v) is 6.84. The molecule has 1 spiro atoms. The molecule has 1 aliphatic heterocycles. The minimum absolute atomic E-state index is 0.0931. The lowest BCUT2D eigenvalue weighted by atomic mass is 9.73. The van der Waals surface area contributed by atoms with Crippen molar-refractivity contribution in [3.63, 3.8) is 0 Å². The summed E-state index contributed by atoms with van der Waals surface area (Å²) in [7, 11) is 0. The Morgan fingerprint density at radius 3 is 2.69 bits per heavy atom. The molecule has 4 atom stereocenters. The van der Waals surface area contributed by atoms with Crippen LogP contribution in [0.2, 0.25) is 0 Å². The number of hydrogen-bond acceptors (Lipinski definition) is 2. The second-order valence-electron chi connectivity index (χ2n) is 9.56. The van der Waals surface area contributed by atoms with E-state index in [9.17, 15) is 4.79 Å². The molecule has 3 aliphatic carbocycles. The molecule has 3 heteroatoms. The number of piperidine rings is 1. The Labute approximate surface area is 157 Å². The molecular weight excluding hydrogens is 320 g/mol. The van der Waals surface area contributed by atoms with Crippen molar-refractivity contribution in [1.82, 2.24) is 10.2 Å². The van der Waals surface area contributed by atoms with Crippen molar-refractivity contribution in [2.45, 2.75) is 63.3 Å². The van der Waals surface area contributed by atoms with E-state index < -0.39 is 0 Å². The summed E-state index contributed by atoms with van der Waals surface area (Å²) in [5.74, 6) is 3.16. The summed E-state index contributed by atoms with van der Waals surface area (Å²) in [6, 6.07) is 9.06. The third kappa shape index (κ3) is 2.79. The van der Waals surface area contributed by atoms with Crippen LogP contribution in [0.3, 0.4) is 0 Å². The minimum Gasteiger partial charge on any atom is -0.349 e. The molecule has 4 aliphatic rings. The fourth-order valence-electron chi connectivity index (χ4n) is 6.84. The molecule has 1 aromatic rings. The van der Waals surface area contributed by atoms with E-state index in [0.29, 0.717) is 0 Å². The molecule has 1 N–H and O–H groups in total. The number of rotatable bonds is 3. The highest BCUT2D eigenvalue weighted by atomic mass is 16.1. The Bertz CT molecular complexity index is 691. The predicted octanol–water partition coefficient (Wildman–Crippen LogP) is 4.04. The highest BCUT2D eigenvalue weighted by molar-refractivity contribution is 5.73. The molecule has 3 fully saturated rings. The van der Waals surface area contributed by atoms with E-state index in [2.05, 4.69) is 34.5 Å². The van der Waals surface area contributed by atoms with E-state index in [1.54, 1.807) is 6.92 Å². The average molecular weight is 353 g/mol. The van der Waals surface area contributed by atoms with Gasteiger partial charge in [-0.3, -0.25) is 4.79 Å². The van der Waals surface area contributed by atoms with Gasteiger partial charge in [0.25, 0.3) is 0 Å². The van der Waals surface area contributed by atoms with Crippen molar-refractivity contribution in [1.29, 1.82) is 0 Å². The molecule has 0 radical (unpaired) electrons. The van der Waals surface area contributed by atoms with Gasteiger partial charge in [-0.1, -0.05) is 30.7 Å². The number of nitrogens with zero attached hydrogens (tertiary/aromatic N) is 1. The SMILES string of the molecule is CC(=O)NC1CC2(CCN(C[C@H]3C[C@H]4CCC3C4)CC2)c2ccccc21. The molecule has 2 bridgehead atoms. The maximum atomic E-state index is 11.7. The first-order chi connectivity index (χ1) is 12.6. The van der Waals surface area contributed by atoms with Crippen LogP contribution in [0.15, 0.2) is 24.3 Å². The number of likely N-dealkylation sites (tertiary alicyclic amines) is 1. The number of carbonyl (C=O) groups excluding carboxylic acids is 1. The maximum absolute atomic E-state index is 11.7. The van der Waals surface area contributed by atoms with Crippen LogP contribution in [0.25, 0.3) is 0 Å². The smallest absolute Gasteiger partial charge is 0.217 e. The minimum atomic E-state index is 0.0931. The van der Waals surface area contributed by atoms with Gasteiger partial charge < -0.3 is 10.2 Å².